The lowest BCUT2D eigenvalue weighted by molar-refractivity contribution is -0.160. The molecule has 9 nitrogen and oxygen atoms in total. The van der Waals surface area contributed by atoms with Gasteiger partial charge in [0.05, 0.1) is 24.7 Å². The fraction of sp³-hybridized carbons (Fsp3) is 0.417. The standard InChI is InChI=1S/C24H25F2IN6O3/c1-13(2)23(34)36-18-12-32(22(18)27)24(35)29-21-11-28-19-7-8-20(30-33(19)21)31-9-3-4-17(31)15-10-14(25)5-6-16(15)26/h5-8,10-11,13,17-18,22H,3-4,9,12H2,1-2H3,(H,29,35). The first-order valence-electron chi connectivity index (χ1n) is 11.7. The Kier molecular flexibility index (Phi) is 6.70. The zero-order valence-corrected chi connectivity index (χ0v) is 21.9. The van der Waals surface area contributed by atoms with E-state index in [1.54, 1.807) is 30.9 Å². The smallest absolute Gasteiger partial charge is 0.324 e. The highest BCUT2D eigenvalue weighted by Crippen LogP contribution is 2.37. The van der Waals surface area contributed by atoms with Crippen molar-refractivity contribution in [2.75, 3.05) is 23.3 Å². The highest BCUT2D eigenvalue weighted by atomic mass is 127. The Labute approximate surface area is 219 Å². The monoisotopic (exact) mass is 610 g/mol. The largest absolute Gasteiger partial charge is 0.457 e. The van der Waals surface area contributed by atoms with Crippen molar-refractivity contribution >= 4 is 51.9 Å². The number of nitrogens with one attached hydrogen (secondary N) is 1. The molecule has 4 heterocycles. The van der Waals surface area contributed by atoms with Crippen LogP contribution >= 0.6 is 22.6 Å². The Hall–Kier alpha value is -3.03. The molecule has 36 heavy (non-hydrogen) atoms. The number of likely N-dealkylation sites (tertiary alicyclic amines) is 1. The number of urea groups is 1. The number of anilines is 2. The number of benzene rings is 1. The van der Waals surface area contributed by atoms with Crippen LogP contribution in [-0.4, -0.2) is 54.7 Å². The third-order valence-corrected chi connectivity index (χ3v) is 7.90. The third-order valence-electron chi connectivity index (χ3n) is 6.43. The SMILES string of the molecule is CC(C)C(=O)OC1CN(C(=O)Nc2cnc3ccc(N4CCCC4c4cc(F)ccc4F)nn23)C1I. The first kappa shape index (κ1) is 24.7. The lowest BCUT2D eigenvalue weighted by Crippen LogP contribution is -2.61. The molecule has 3 atom stereocenters. The normalized spacial score (nSPS) is 21.7. The molecule has 3 unspecified atom stereocenters. The number of fused-ring (bicyclic) bond motifs is 1. The molecule has 2 fully saturated rings. The van der Waals surface area contributed by atoms with Crippen molar-refractivity contribution in [1.29, 1.82) is 0 Å². The van der Waals surface area contributed by atoms with Gasteiger partial charge in [0.15, 0.2) is 11.5 Å². The molecule has 0 radical (unpaired) electrons. The minimum absolute atomic E-state index is 0.234. The van der Waals surface area contributed by atoms with Crippen molar-refractivity contribution in [1.82, 2.24) is 19.5 Å². The quantitative estimate of drug-likeness (QED) is 0.198. The third kappa shape index (κ3) is 4.58. The summed E-state index contributed by atoms with van der Waals surface area (Å²) in [5, 5.41) is 7.48. The molecule has 5 rings (SSSR count). The topological polar surface area (TPSA) is 92.1 Å². The number of amides is 2. The first-order chi connectivity index (χ1) is 17.2. The summed E-state index contributed by atoms with van der Waals surface area (Å²) in [6.07, 6.45) is 2.63. The molecule has 190 valence electrons. The second kappa shape index (κ2) is 9.79. The van der Waals surface area contributed by atoms with Crippen LogP contribution in [0.5, 0.6) is 0 Å². The lowest BCUT2D eigenvalue weighted by atomic mass is 10.0. The number of carbonyl (C=O) groups is 2. The average molecular weight is 610 g/mol. The number of carbonyl (C=O) groups excluding carboxylic acids is 2. The minimum Gasteiger partial charge on any atom is -0.457 e. The summed E-state index contributed by atoms with van der Waals surface area (Å²) in [6, 6.07) is 6.33. The fourth-order valence-corrected chi connectivity index (χ4v) is 5.29. The second-order valence-corrected chi connectivity index (χ2v) is 10.5. The zero-order valence-electron chi connectivity index (χ0n) is 19.7. The summed E-state index contributed by atoms with van der Waals surface area (Å²) in [4.78, 5) is 32.5. The van der Waals surface area contributed by atoms with Gasteiger partial charge in [0.25, 0.3) is 0 Å². The zero-order chi connectivity index (χ0) is 25.6. The number of aromatic nitrogens is 3. The number of hydrogen-bond acceptors (Lipinski definition) is 6. The molecule has 0 bridgehead atoms. The Morgan fingerprint density at radius 2 is 2.03 bits per heavy atom. The Bertz CT molecular complexity index is 1320. The van der Waals surface area contributed by atoms with E-state index in [9.17, 15) is 18.4 Å². The van der Waals surface area contributed by atoms with E-state index in [1.807, 2.05) is 4.90 Å². The Morgan fingerprint density at radius 1 is 1.22 bits per heavy atom. The molecule has 0 saturated carbocycles. The molecule has 2 aliphatic heterocycles. The van der Waals surface area contributed by atoms with Crippen molar-refractivity contribution in [3.05, 3.63) is 53.7 Å². The highest BCUT2D eigenvalue weighted by molar-refractivity contribution is 14.1. The molecular formula is C24H25F2IN6O3. The van der Waals surface area contributed by atoms with Gasteiger partial charge in [-0.3, -0.25) is 10.1 Å². The van der Waals surface area contributed by atoms with Crippen LogP contribution in [-0.2, 0) is 9.53 Å². The molecule has 2 aromatic heterocycles. The summed E-state index contributed by atoms with van der Waals surface area (Å²) >= 11 is 2.08. The van der Waals surface area contributed by atoms with E-state index in [4.69, 9.17) is 4.74 Å². The molecule has 2 amide bonds. The molecular weight excluding hydrogens is 585 g/mol. The number of ether oxygens (including phenoxy) is 1. The first-order valence-corrected chi connectivity index (χ1v) is 13.0. The molecule has 0 spiro atoms. The van der Waals surface area contributed by atoms with Crippen molar-refractivity contribution in [3.8, 4) is 0 Å². The van der Waals surface area contributed by atoms with Crippen LogP contribution in [0.1, 0.15) is 38.3 Å². The van der Waals surface area contributed by atoms with Crippen molar-refractivity contribution < 1.29 is 23.1 Å². The minimum atomic E-state index is -0.484. The fourth-order valence-electron chi connectivity index (χ4n) is 4.44. The van der Waals surface area contributed by atoms with Gasteiger partial charge >= 0.3 is 12.0 Å². The van der Waals surface area contributed by atoms with E-state index in [-0.39, 0.29) is 34.1 Å². The molecule has 1 N–H and O–H groups in total. The average Bonchev–Trinajstić information content (AvgIpc) is 3.49. The van der Waals surface area contributed by atoms with E-state index < -0.39 is 11.6 Å². The van der Waals surface area contributed by atoms with Gasteiger partial charge in [-0.25, -0.2) is 18.6 Å². The predicted octanol–water partition coefficient (Wildman–Crippen LogP) is 4.53. The number of alkyl halides is 1. The van der Waals surface area contributed by atoms with E-state index in [1.165, 1.54) is 16.8 Å². The highest BCUT2D eigenvalue weighted by Gasteiger charge is 2.43. The predicted molar refractivity (Wildman–Crippen MR) is 137 cm³/mol. The molecule has 2 saturated heterocycles. The summed E-state index contributed by atoms with van der Waals surface area (Å²) in [6.45, 7) is 4.45. The van der Waals surface area contributed by atoms with Gasteiger partial charge in [0, 0.05) is 12.1 Å². The molecule has 3 aromatic rings. The summed E-state index contributed by atoms with van der Waals surface area (Å²) in [7, 11) is 0. The number of halogens is 3. The Morgan fingerprint density at radius 3 is 2.78 bits per heavy atom. The number of imidazole rings is 1. The van der Waals surface area contributed by atoms with E-state index in [0.717, 1.165) is 18.6 Å². The number of esters is 1. The lowest BCUT2D eigenvalue weighted by Gasteiger charge is -2.43. The van der Waals surface area contributed by atoms with E-state index in [0.29, 0.717) is 42.4 Å². The number of rotatable bonds is 5. The van der Waals surface area contributed by atoms with Crippen molar-refractivity contribution in [3.63, 3.8) is 0 Å². The van der Waals surface area contributed by atoms with Gasteiger partial charge < -0.3 is 14.5 Å². The maximum atomic E-state index is 14.5. The van der Waals surface area contributed by atoms with Crippen LogP contribution in [0.15, 0.2) is 36.5 Å². The summed E-state index contributed by atoms with van der Waals surface area (Å²) in [5.41, 5.74) is 0.826. The maximum absolute atomic E-state index is 14.5. The van der Waals surface area contributed by atoms with Crippen molar-refractivity contribution in [2.45, 2.75) is 42.9 Å². The van der Waals surface area contributed by atoms with Crippen molar-refractivity contribution in [2.24, 2.45) is 5.92 Å². The molecule has 0 aliphatic carbocycles. The van der Waals surface area contributed by atoms with E-state index in [2.05, 4.69) is 38.0 Å². The summed E-state index contributed by atoms with van der Waals surface area (Å²) in [5.74, 6) is -0.525. The van der Waals surface area contributed by atoms with Gasteiger partial charge in [-0.1, -0.05) is 36.4 Å². The summed E-state index contributed by atoms with van der Waals surface area (Å²) < 4.78 is 35.0. The molecule has 1 aromatic carbocycles. The molecule has 2 aliphatic rings. The maximum Gasteiger partial charge on any atom is 0.324 e. The van der Waals surface area contributed by atoms with Crippen LogP contribution in [0.4, 0.5) is 25.2 Å². The van der Waals surface area contributed by atoms with Gasteiger partial charge in [0.1, 0.15) is 27.6 Å². The van der Waals surface area contributed by atoms with Crippen LogP contribution in [0, 0.1) is 17.6 Å². The van der Waals surface area contributed by atoms with Gasteiger partial charge in [-0.2, -0.15) is 4.52 Å². The Balaban J connectivity index is 1.33. The van der Waals surface area contributed by atoms with E-state index >= 15 is 0 Å². The second-order valence-electron chi connectivity index (χ2n) is 9.21. The molecule has 12 heteroatoms. The van der Waals surface area contributed by atoms with Crippen LogP contribution in [0.25, 0.3) is 5.65 Å². The van der Waals surface area contributed by atoms with Gasteiger partial charge in [0.2, 0.25) is 0 Å². The van der Waals surface area contributed by atoms with Crippen LogP contribution < -0.4 is 10.2 Å². The van der Waals surface area contributed by atoms with Gasteiger partial charge in [-0.05, 0) is 43.2 Å². The van der Waals surface area contributed by atoms with Crippen LogP contribution in [0.2, 0.25) is 0 Å². The number of hydrogen-bond donors (Lipinski definition) is 1. The van der Waals surface area contributed by atoms with Gasteiger partial charge in [-0.15, -0.1) is 5.10 Å². The van der Waals surface area contributed by atoms with Crippen LogP contribution in [0.3, 0.4) is 0 Å². The number of nitrogens with zero attached hydrogens (tertiary/aromatic N) is 5.